The zero-order valence-corrected chi connectivity index (χ0v) is 11.5. The highest BCUT2D eigenvalue weighted by Crippen LogP contribution is 2.27. The Morgan fingerprint density at radius 2 is 2.30 bits per heavy atom. The summed E-state index contributed by atoms with van der Waals surface area (Å²) in [4.78, 5) is 28.1. The lowest BCUT2D eigenvalue weighted by Gasteiger charge is -2.16. The van der Waals surface area contributed by atoms with Gasteiger partial charge < -0.3 is 10.6 Å². The van der Waals surface area contributed by atoms with Crippen LogP contribution in [0.2, 0.25) is 0 Å². The topological polar surface area (TPSA) is 102 Å². The highest BCUT2D eigenvalue weighted by atomic mass is 32.1. The molecule has 0 aliphatic carbocycles. The van der Waals surface area contributed by atoms with Gasteiger partial charge in [0.25, 0.3) is 5.91 Å². The Hall–Kier alpha value is -2.48. The molecule has 0 saturated heterocycles. The Balaban J connectivity index is 2.29. The largest absolute Gasteiger partial charge is 0.393 e. The minimum atomic E-state index is -0.640. The van der Waals surface area contributed by atoms with Crippen LogP contribution in [-0.2, 0) is 6.54 Å². The van der Waals surface area contributed by atoms with Crippen LogP contribution in [0.5, 0.6) is 0 Å². The highest BCUT2D eigenvalue weighted by molar-refractivity contribution is 7.07. The Bertz CT molecular complexity index is 642. The van der Waals surface area contributed by atoms with Crippen LogP contribution in [0.3, 0.4) is 0 Å². The fraction of sp³-hybridized carbons (Fsp3) is 0.167. The summed E-state index contributed by atoms with van der Waals surface area (Å²) in [5.74, 6) is -0.461. The smallest absolute Gasteiger partial charge is 0.304 e. The van der Waals surface area contributed by atoms with Crippen molar-refractivity contribution in [3.63, 3.8) is 0 Å². The van der Waals surface area contributed by atoms with Crippen molar-refractivity contribution < 1.29 is 9.72 Å². The molecule has 1 amide bonds. The Labute approximate surface area is 118 Å². The van der Waals surface area contributed by atoms with Crippen molar-refractivity contribution in [1.82, 2.24) is 9.88 Å². The summed E-state index contributed by atoms with van der Waals surface area (Å²) in [5.41, 5.74) is 7.57. The van der Waals surface area contributed by atoms with Crippen LogP contribution in [-0.4, -0.2) is 27.8 Å². The maximum atomic E-state index is 12.3. The number of aromatic nitrogens is 1. The molecule has 0 fully saturated rings. The number of nitro benzene ring substituents is 1. The highest BCUT2D eigenvalue weighted by Gasteiger charge is 2.25. The molecule has 0 unspecified atom stereocenters. The molecule has 0 bridgehead atoms. The number of thiazole rings is 1. The van der Waals surface area contributed by atoms with E-state index in [1.807, 2.05) is 5.38 Å². The molecule has 0 radical (unpaired) electrons. The number of amides is 1. The summed E-state index contributed by atoms with van der Waals surface area (Å²) >= 11 is 1.42. The van der Waals surface area contributed by atoms with Gasteiger partial charge in [0.05, 0.1) is 22.7 Å². The van der Waals surface area contributed by atoms with Crippen LogP contribution >= 0.6 is 11.3 Å². The van der Waals surface area contributed by atoms with Crippen LogP contribution in [0.25, 0.3) is 0 Å². The first kappa shape index (κ1) is 13.9. The molecular formula is C12H12N4O3S. The minimum Gasteiger partial charge on any atom is -0.393 e. The first-order valence-corrected chi connectivity index (χ1v) is 6.60. The number of carbonyl (C=O) groups is 1. The standard InChI is InChI=1S/C12H12N4O3S/c1-15(5-8-6-20-7-14-8)12(17)9-3-2-4-10(13)11(9)16(18)19/h2-4,6-7H,5,13H2,1H3. The zero-order valence-electron chi connectivity index (χ0n) is 10.6. The normalized spacial score (nSPS) is 10.2. The van der Waals surface area contributed by atoms with E-state index in [-0.39, 0.29) is 23.5 Å². The summed E-state index contributed by atoms with van der Waals surface area (Å²) in [6.07, 6.45) is 0. The van der Waals surface area contributed by atoms with Crippen LogP contribution in [0.4, 0.5) is 11.4 Å². The van der Waals surface area contributed by atoms with E-state index in [1.54, 1.807) is 12.6 Å². The molecule has 1 aromatic carbocycles. The van der Waals surface area contributed by atoms with Gasteiger partial charge in [0.2, 0.25) is 0 Å². The van der Waals surface area contributed by atoms with Crippen molar-refractivity contribution in [3.05, 3.63) is 50.5 Å². The average Bonchev–Trinajstić information content (AvgIpc) is 2.89. The number of hydrogen-bond acceptors (Lipinski definition) is 6. The second-order valence-corrected chi connectivity index (χ2v) is 4.86. The molecule has 20 heavy (non-hydrogen) atoms. The number of carbonyl (C=O) groups excluding carboxylic acids is 1. The van der Waals surface area contributed by atoms with E-state index in [2.05, 4.69) is 4.98 Å². The van der Waals surface area contributed by atoms with Crippen molar-refractivity contribution in [1.29, 1.82) is 0 Å². The van der Waals surface area contributed by atoms with E-state index in [1.165, 1.54) is 34.4 Å². The quantitative estimate of drug-likeness (QED) is 0.526. The molecule has 0 aliphatic rings. The van der Waals surface area contributed by atoms with E-state index in [0.29, 0.717) is 0 Å². The molecule has 2 N–H and O–H groups in total. The fourth-order valence-electron chi connectivity index (χ4n) is 1.77. The van der Waals surface area contributed by atoms with E-state index < -0.39 is 10.8 Å². The van der Waals surface area contributed by atoms with Crippen LogP contribution in [0.1, 0.15) is 16.1 Å². The lowest BCUT2D eigenvalue weighted by Crippen LogP contribution is -2.27. The number of para-hydroxylation sites is 1. The summed E-state index contributed by atoms with van der Waals surface area (Å²) in [7, 11) is 1.56. The zero-order chi connectivity index (χ0) is 14.7. The van der Waals surface area contributed by atoms with Gasteiger partial charge in [-0.25, -0.2) is 4.98 Å². The van der Waals surface area contributed by atoms with E-state index in [9.17, 15) is 14.9 Å². The SMILES string of the molecule is CN(Cc1cscn1)C(=O)c1cccc(N)c1[N+](=O)[O-]. The first-order valence-electron chi connectivity index (χ1n) is 5.66. The van der Waals surface area contributed by atoms with Gasteiger partial charge in [-0.15, -0.1) is 11.3 Å². The predicted octanol–water partition coefficient (Wildman–Crippen LogP) is 1.91. The number of nitrogen functional groups attached to an aromatic ring is 1. The van der Waals surface area contributed by atoms with Crippen molar-refractivity contribution in [2.45, 2.75) is 6.54 Å². The summed E-state index contributed by atoms with van der Waals surface area (Å²) in [6.45, 7) is 0.286. The first-order chi connectivity index (χ1) is 9.50. The third kappa shape index (κ3) is 2.75. The molecule has 0 atom stereocenters. The van der Waals surface area contributed by atoms with Gasteiger partial charge in [0, 0.05) is 12.4 Å². The summed E-state index contributed by atoms with van der Waals surface area (Å²) < 4.78 is 0. The lowest BCUT2D eigenvalue weighted by molar-refractivity contribution is -0.384. The number of rotatable bonds is 4. The number of nitrogens with zero attached hydrogens (tertiary/aromatic N) is 3. The predicted molar refractivity (Wildman–Crippen MR) is 75.4 cm³/mol. The van der Waals surface area contributed by atoms with Gasteiger partial charge in [0.1, 0.15) is 11.3 Å². The van der Waals surface area contributed by atoms with Gasteiger partial charge in [-0.2, -0.15) is 0 Å². The average molecular weight is 292 g/mol. The number of hydrogen-bond donors (Lipinski definition) is 1. The van der Waals surface area contributed by atoms with Crippen LogP contribution in [0.15, 0.2) is 29.1 Å². The number of anilines is 1. The molecule has 8 heteroatoms. The van der Waals surface area contributed by atoms with Crippen LogP contribution < -0.4 is 5.73 Å². The van der Waals surface area contributed by atoms with Crippen molar-refractivity contribution in [2.75, 3.05) is 12.8 Å². The maximum Gasteiger partial charge on any atom is 0.304 e. The lowest BCUT2D eigenvalue weighted by atomic mass is 10.1. The molecular weight excluding hydrogens is 280 g/mol. The summed E-state index contributed by atoms with van der Waals surface area (Å²) in [6, 6.07) is 4.32. The Morgan fingerprint density at radius 1 is 1.55 bits per heavy atom. The van der Waals surface area contributed by atoms with Gasteiger partial charge in [-0.3, -0.25) is 14.9 Å². The van der Waals surface area contributed by atoms with Crippen molar-refractivity contribution >= 4 is 28.6 Å². The van der Waals surface area contributed by atoms with Gasteiger partial charge in [-0.05, 0) is 12.1 Å². The van der Waals surface area contributed by atoms with Crippen molar-refractivity contribution in [3.8, 4) is 0 Å². The van der Waals surface area contributed by atoms with Gasteiger partial charge >= 0.3 is 5.69 Å². The monoisotopic (exact) mass is 292 g/mol. The van der Waals surface area contributed by atoms with E-state index >= 15 is 0 Å². The third-order valence-corrected chi connectivity index (χ3v) is 3.34. The number of benzene rings is 1. The third-order valence-electron chi connectivity index (χ3n) is 2.71. The minimum absolute atomic E-state index is 0.0206. The molecule has 0 spiro atoms. The van der Waals surface area contributed by atoms with Gasteiger partial charge in [0.15, 0.2) is 0 Å². The maximum absolute atomic E-state index is 12.3. The molecule has 104 valence electrons. The van der Waals surface area contributed by atoms with E-state index in [0.717, 1.165) is 5.69 Å². The second-order valence-electron chi connectivity index (χ2n) is 4.14. The number of nitro groups is 1. The fourth-order valence-corrected chi connectivity index (χ4v) is 2.32. The van der Waals surface area contributed by atoms with E-state index in [4.69, 9.17) is 5.73 Å². The van der Waals surface area contributed by atoms with Crippen molar-refractivity contribution in [2.24, 2.45) is 0 Å². The second kappa shape index (κ2) is 5.66. The molecule has 2 aromatic rings. The molecule has 0 saturated carbocycles. The molecule has 7 nitrogen and oxygen atoms in total. The molecule has 1 aromatic heterocycles. The Morgan fingerprint density at radius 3 is 2.90 bits per heavy atom. The van der Waals surface area contributed by atoms with Gasteiger partial charge in [-0.1, -0.05) is 6.07 Å². The van der Waals surface area contributed by atoms with Crippen LogP contribution in [0, 0.1) is 10.1 Å². The Kier molecular flexibility index (Phi) is 3.94. The molecule has 1 heterocycles. The summed E-state index contributed by atoms with van der Waals surface area (Å²) in [5, 5.41) is 12.8. The molecule has 0 aliphatic heterocycles. The molecule has 2 rings (SSSR count). The number of nitrogens with two attached hydrogens (primary N) is 1.